The van der Waals surface area contributed by atoms with Gasteiger partial charge in [-0.1, -0.05) is 42.5 Å². The molecule has 2 aromatic carbocycles. The first-order valence-corrected chi connectivity index (χ1v) is 18.4. The van der Waals surface area contributed by atoms with Gasteiger partial charge in [-0.3, -0.25) is 9.59 Å². The van der Waals surface area contributed by atoms with Gasteiger partial charge in [-0.25, -0.2) is 4.79 Å². The first-order valence-electron chi connectivity index (χ1n) is 18.4. The quantitative estimate of drug-likeness (QED) is 0.189. The predicted molar refractivity (Wildman–Crippen MR) is 207 cm³/mol. The lowest BCUT2D eigenvalue weighted by atomic mass is 9.85. The van der Waals surface area contributed by atoms with E-state index in [9.17, 15) is 24.6 Å². The van der Waals surface area contributed by atoms with Crippen molar-refractivity contribution in [2.24, 2.45) is 5.73 Å². The summed E-state index contributed by atoms with van der Waals surface area (Å²) in [5, 5.41) is 25.4. The van der Waals surface area contributed by atoms with Crippen LogP contribution in [0.15, 0.2) is 84.2 Å². The molecule has 1 fully saturated rings. The number of fused-ring (bicyclic) bond motifs is 9. The van der Waals surface area contributed by atoms with Gasteiger partial charge in [-0.15, -0.1) is 0 Å². The molecular weight excluding hydrogens is 750 g/mol. The number of esters is 2. The number of hydrogen-bond donors (Lipinski definition) is 4. The SMILES string of the molecule is C=C1Oc2cc(OC)cc(C(=O)O[C@H]3COC(=O)C[C@H](N)c4ccc(cc4)O[C@@H]4C#C/C=C/3C#CC3=CC=C[C@@]34O[C@@H]3OC(C)(C)[C@@H](N(C)C)[C@@H](O)[C@H]3O)c2NC1=O. The summed E-state index contributed by atoms with van der Waals surface area (Å²) in [6, 6.07) is 8.26. The molecule has 0 saturated carbocycles. The number of aliphatic hydroxyl groups excluding tert-OH is 2. The van der Waals surface area contributed by atoms with E-state index < -0.39 is 78.4 Å². The number of nitrogens with zero attached hydrogens (tertiary/aromatic N) is 1. The molecule has 2 aromatic rings. The summed E-state index contributed by atoms with van der Waals surface area (Å²) in [7, 11) is 4.95. The predicted octanol–water partition coefficient (Wildman–Crippen LogP) is 2.44. The Kier molecular flexibility index (Phi) is 11.0. The molecule has 6 aliphatic rings. The summed E-state index contributed by atoms with van der Waals surface area (Å²) in [5.74, 6) is 10.4. The number of allylic oxidation sites excluding steroid dienone is 3. The van der Waals surface area contributed by atoms with E-state index in [1.807, 2.05) is 0 Å². The lowest BCUT2D eigenvalue weighted by molar-refractivity contribution is -0.329. The minimum absolute atomic E-state index is 0.0146. The van der Waals surface area contributed by atoms with Crippen LogP contribution in [0.4, 0.5) is 5.69 Å². The molecule has 5 N–H and O–H groups in total. The molecule has 58 heavy (non-hydrogen) atoms. The molecule has 302 valence electrons. The zero-order valence-corrected chi connectivity index (χ0v) is 32.4. The number of anilines is 1. The van der Waals surface area contributed by atoms with Gasteiger partial charge in [0.15, 0.2) is 35.6 Å². The first-order chi connectivity index (χ1) is 27.6. The van der Waals surface area contributed by atoms with Crippen LogP contribution in [0.25, 0.3) is 0 Å². The van der Waals surface area contributed by atoms with Gasteiger partial charge in [0.25, 0.3) is 5.91 Å². The van der Waals surface area contributed by atoms with E-state index in [2.05, 4.69) is 35.6 Å². The van der Waals surface area contributed by atoms with Crippen LogP contribution in [0.3, 0.4) is 0 Å². The number of amides is 1. The number of nitrogens with two attached hydrogens (primary N) is 1. The Hall–Kier alpha value is -5.91. The number of rotatable bonds is 6. The summed E-state index contributed by atoms with van der Waals surface area (Å²) in [6.45, 7) is 6.68. The average molecular weight is 794 g/mol. The van der Waals surface area contributed by atoms with Gasteiger partial charge < -0.3 is 59.3 Å². The Balaban J connectivity index is 1.30. The highest BCUT2D eigenvalue weighted by Gasteiger charge is 2.55. The van der Waals surface area contributed by atoms with Gasteiger partial charge in [-0.2, -0.15) is 0 Å². The molecule has 4 heterocycles. The maximum Gasteiger partial charge on any atom is 0.341 e. The zero-order valence-electron chi connectivity index (χ0n) is 32.4. The first kappa shape index (κ1) is 40.3. The van der Waals surface area contributed by atoms with Gasteiger partial charge in [0.1, 0.15) is 30.3 Å². The molecule has 8 atom stereocenters. The van der Waals surface area contributed by atoms with Crippen molar-refractivity contribution >= 4 is 23.5 Å². The van der Waals surface area contributed by atoms with Crippen molar-refractivity contribution in [1.82, 2.24) is 4.90 Å². The Labute approximate surface area is 335 Å². The second kappa shape index (κ2) is 15.8. The fourth-order valence-electron chi connectivity index (χ4n) is 7.49. The summed E-state index contributed by atoms with van der Waals surface area (Å²) in [4.78, 5) is 41.5. The molecule has 0 radical (unpaired) electrons. The number of benzene rings is 2. The van der Waals surface area contributed by atoms with E-state index >= 15 is 0 Å². The number of methoxy groups -OCH3 is 1. The average Bonchev–Trinajstić information content (AvgIpc) is 3.60. The molecular formula is C43H43N3O12. The maximum absolute atomic E-state index is 14.1. The number of carbonyl (C=O) groups is 3. The number of ether oxygens (including phenoxy) is 7. The molecule has 4 aliphatic heterocycles. The third-order valence-electron chi connectivity index (χ3n) is 10.3. The van der Waals surface area contributed by atoms with Crippen molar-refractivity contribution in [1.29, 1.82) is 0 Å². The second-order valence-corrected chi connectivity index (χ2v) is 15.0. The third kappa shape index (κ3) is 7.71. The highest BCUT2D eigenvalue weighted by atomic mass is 16.7. The summed E-state index contributed by atoms with van der Waals surface area (Å²) in [6.07, 6.45) is -0.363. The van der Waals surface area contributed by atoms with E-state index in [-0.39, 0.29) is 40.5 Å². The zero-order chi connectivity index (χ0) is 41.5. The number of aliphatic hydroxyl groups is 2. The summed E-state index contributed by atoms with van der Waals surface area (Å²) in [5.41, 5.74) is 4.76. The Bertz CT molecular complexity index is 2260. The standard InChI is InChI=1S/C43H43N3O12/c1-23-39(50)45-35-29(19-28(52-6)20-31(35)54-23)40(51)56-32-22-53-34(47)21-30(44)24-13-16-27(17-14-24)55-33-11-7-9-25(32)12-15-26-10-8-18-43(26,33)58-41-37(49)36(48)38(46(4)5)42(2,3)57-41/h8-10,13-14,16-20,30,32-33,36-38,41,48-49H,1,21-22,44H2,2-6H3,(H,45,50)/b25-9+/t30-,32-,33+,36-,37+,38-,41-,43+/m0/s1. The number of carbonyl (C=O) groups excluding carboxylic acids is 3. The van der Waals surface area contributed by atoms with Crippen LogP contribution in [0.1, 0.15) is 42.2 Å². The van der Waals surface area contributed by atoms with Crippen molar-refractivity contribution in [3.8, 4) is 40.9 Å². The summed E-state index contributed by atoms with van der Waals surface area (Å²) >= 11 is 0. The third-order valence-corrected chi connectivity index (χ3v) is 10.3. The normalized spacial score (nSPS) is 30.5. The molecule has 0 aromatic heterocycles. The van der Waals surface area contributed by atoms with Crippen molar-refractivity contribution in [3.63, 3.8) is 0 Å². The van der Waals surface area contributed by atoms with Crippen LogP contribution >= 0.6 is 0 Å². The molecule has 4 bridgehead atoms. The Morgan fingerprint density at radius 1 is 1.10 bits per heavy atom. The Morgan fingerprint density at radius 2 is 1.86 bits per heavy atom. The Morgan fingerprint density at radius 3 is 2.59 bits per heavy atom. The van der Waals surface area contributed by atoms with Crippen LogP contribution in [-0.2, 0) is 28.5 Å². The monoisotopic (exact) mass is 793 g/mol. The van der Waals surface area contributed by atoms with Crippen LogP contribution in [0.5, 0.6) is 17.2 Å². The number of nitrogens with one attached hydrogen (secondary N) is 1. The molecule has 8 rings (SSSR count). The molecule has 1 saturated heterocycles. The van der Waals surface area contributed by atoms with Crippen molar-refractivity contribution in [3.05, 3.63) is 95.3 Å². The van der Waals surface area contributed by atoms with Gasteiger partial charge in [-0.05, 0) is 69.8 Å². The fraction of sp³-hybridized carbons (Fsp3) is 0.372. The van der Waals surface area contributed by atoms with E-state index in [1.165, 1.54) is 25.3 Å². The van der Waals surface area contributed by atoms with Crippen LogP contribution in [0.2, 0.25) is 0 Å². The van der Waals surface area contributed by atoms with Crippen LogP contribution in [0, 0.1) is 23.7 Å². The van der Waals surface area contributed by atoms with Gasteiger partial charge in [0.2, 0.25) is 0 Å². The smallest absolute Gasteiger partial charge is 0.341 e. The van der Waals surface area contributed by atoms with Gasteiger partial charge in [0.05, 0.1) is 42.0 Å². The second-order valence-electron chi connectivity index (χ2n) is 15.0. The van der Waals surface area contributed by atoms with E-state index in [0.717, 1.165) is 0 Å². The van der Waals surface area contributed by atoms with Crippen LogP contribution < -0.4 is 25.3 Å². The maximum atomic E-state index is 14.1. The van der Waals surface area contributed by atoms with Crippen molar-refractivity contribution in [2.45, 2.75) is 74.3 Å². The van der Waals surface area contributed by atoms with Crippen LogP contribution in [-0.4, -0.2) is 109 Å². The lowest BCUT2D eigenvalue weighted by Gasteiger charge is -2.51. The lowest BCUT2D eigenvalue weighted by Crippen LogP contribution is -2.68. The number of hydrogen-bond acceptors (Lipinski definition) is 14. The highest BCUT2D eigenvalue weighted by molar-refractivity contribution is 6.10. The number of likely N-dealkylation sites (N-methyl/N-ethyl adjacent to an activating group) is 1. The minimum Gasteiger partial charge on any atom is -0.497 e. The van der Waals surface area contributed by atoms with Crippen molar-refractivity contribution < 1.29 is 57.8 Å². The van der Waals surface area contributed by atoms with E-state index in [1.54, 1.807) is 75.3 Å². The van der Waals surface area contributed by atoms with Gasteiger partial charge in [0, 0.05) is 23.8 Å². The van der Waals surface area contributed by atoms with Gasteiger partial charge >= 0.3 is 11.9 Å². The topological polar surface area (TPSA) is 198 Å². The minimum atomic E-state index is -1.61. The molecule has 0 spiro atoms. The van der Waals surface area contributed by atoms with E-state index in [0.29, 0.717) is 16.9 Å². The van der Waals surface area contributed by atoms with Crippen molar-refractivity contribution in [2.75, 3.05) is 33.1 Å². The molecule has 15 heteroatoms. The molecule has 1 amide bonds. The largest absolute Gasteiger partial charge is 0.497 e. The molecule has 0 unspecified atom stereocenters. The highest BCUT2D eigenvalue weighted by Crippen LogP contribution is 2.42. The summed E-state index contributed by atoms with van der Waals surface area (Å²) < 4.78 is 42.2. The molecule has 15 nitrogen and oxygen atoms in total. The van der Waals surface area contributed by atoms with E-state index in [4.69, 9.17) is 38.9 Å². The molecule has 2 aliphatic carbocycles. The fourth-order valence-corrected chi connectivity index (χ4v) is 7.49.